The number of benzene rings is 3. The number of H-pyrrole nitrogens is 1. The lowest BCUT2D eigenvalue weighted by atomic mass is 10.0. The van der Waals surface area contributed by atoms with Crippen LogP contribution in [-0.2, 0) is 6.54 Å². The number of halogens is 3. The maximum absolute atomic E-state index is 14.8. The van der Waals surface area contributed by atoms with Crippen molar-refractivity contribution in [2.45, 2.75) is 32.9 Å². The molecule has 10 heteroatoms. The monoisotopic (exact) mass is 545 g/mol. The van der Waals surface area contributed by atoms with Gasteiger partial charge in [-0.3, -0.25) is 9.59 Å². The largest absolute Gasteiger partial charge is 0.363 e. The first-order chi connectivity index (χ1) is 19.1. The van der Waals surface area contributed by atoms with Crippen molar-refractivity contribution in [3.63, 3.8) is 0 Å². The van der Waals surface area contributed by atoms with Gasteiger partial charge in [0.1, 0.15) is 28.7 Å². The number of aromatic amines is 1. The number of fused-ring (bicyclic) bond motifs is 2. The van der Waals surface area contributed by atoms with Gasteiger partial charge >= 0.3 is 0 Å². The molecule has 0 radical (unpaired) electrons. The summed E-state index contributed by atoms with van der Waals surface area (Å²) in [6, 6.07) is 18.1. The Labute approximate surface area is 227 Å². The molecule has 0 unspecified atom stereocenters. The summed E-state index contributed by atoms with van der Waals surface area (Å²) in [7, 11) is 1.61. The standard InChI is InChI=1S/C30H26F3N5O2/c1-16(20-12-7-13-22(25(20)31)26(32)33)34-27-23-14-24(29(39)37-28(23)36-17(2)35-27)30(40)38(3)15-19-10-6-9-18-8-4-5-11-21(18)19/h4-14,16,26H,15H2,1-3H3,(H2,34,35,36,37,39)/t16-/m1/s1. The summed E-state index contributed by atoms with van der Waals surface area (Å²) in [5.41, 5.74) is -0.296. The summed E-state index contributed by atoms with van der Waals surface area (Å²) in [5, 5.41) is 5.41. The van der Waals surface area contributed by atoms with E-state index in [1.54, 1.807) is 20.9 Å². The molecule has 40 heavy (non-hydrogen) atoms. The second kappa shape index (κ2) is 10.8. The summed E-state index contributed by atoms with van der Waals surface area (Å²) in [4.78, 5) is 39.2. The molecule has 204 valence electrons. The molecule has 1 atom stereocenters. The predicted octanol–water partition coefficient (Wildman–Crippen LogP) is 6.30. The topological polar surface area (TPSA) is 91.0 Å². The van der Waals surface area contributed by atoms with E-state index in [1.165, 1.54) is 23.1 Å². The lowest BCUT2D eigenvalue weighted by Gasteiger charge is -2.20. The maximum atomic E-state index is 14.8. The normalized spacial score (nSPS) is 12.2. The number of aryl methyl sites for hydroxylation is 1. The minimum absolute atomic E-state index is 0.0257. The molecule has 0 aliphatic rings. The van der Waals surface area contributed by atoms with E-state index in [-0.39, 0.29) is 29.1 Å². The van der Waals surface area contributed by atoms with Crippen molar-refractivity contribution < 1.29 is 18.0 Å². The van der Waals surface area contributed by atoms with Gasteiger partial charge in [-0.05, 0) is 36.2 Å². The van der Waals surface area contributed by atoms with Crippen molar-refractivity contribution in [3.05, 3.63) is 111 Å². The smallest absolute Gasteiger partial charge is 0.266 e. The lowest BCUT2D eigenvalue weighted by molar-refractivity contribution is 0.0784. The summed E-state index contributed by atoms with van der Waals surface area (Å²) in [6.45, 7) is 3.49. The Hall–Kier alpha value is -4.73. The van der Waals surface area contributed by atoms with Gasteiger partial charge in [-0.1, -0.05) is 60.7 Å². The molecule has 0 fully saturated rings. The van der Waals surface area contributed by atoms with E-state index in [0.29, 0.717) is 11.2 Å². The Morgan fingerprint density at radius 3 is 2.48 bits per heavy atom. The van der Waals surface area contributed by atoms with Gasteiger partial charge in [0, 0.05) is 19.2 Å². The quantitative estimate of drug-likeness (QED) is 0.250. The van der Waals surface area contributed by atoms with Crippen molar-refractivity contribution >= 4 is 33.5 Å². The SMILES string of the molecule is Cc1nc(N[C@H](C)c2cccc(C(F)F)c2F)c2cc(C(=O)N(C)Cc3cccc4ccccc34)c(=O)[nH]c2n1. The molecule has 0 spiro atoms. The van der Waals surface area contributed by atoms with Crippen LogP contribution >= 0.6 is 0 Å². The number of pyridine rings is 1. The summed E-state index contributed by atoms with van der Waals surface area (Å²) < 4.78 is 41.3. The molecule has 2 N–H and O–H groups in total. The molecule has 0 aliphatic heterocycles. The summed E-state index contributed by atoms with van der Waals surface area (Å²) in [6.07, 6.45) is -2.96. The fraction of sp³-hybridized carbons (Fsp3) is 0.200. The first kappa shape index (κ1) is 26.9. The first-order valence-electron chi connectivity index (χ1n) is 12.6. The van der Waals surface area contributed by atoms with Crippen molar-refractivity contribution in [1.29, 1.82) is 0 Å². The van der Waals surface area contributed by atoms with Crippen molar-refractivity contribution in [2.24, 2.45) is 0 Å². The minimum Gasteiger partial charge on any atom is -0.363 e. The summed E-state index contributed by atoms with van der Waals surface area (Å²) in [5.74, 6) is -0.982. The van der Waals surface area contributed by atoms with Crippen LogP contribution in [0.15, 0.2) is 71.5 Å². The van der Waals surface area contributed by atoms with E-state index in [1.807, 2.05) is 42.5 Å². The van der Waals surface area contributed by atoms with E-state index in [4.69, 9.17) is 0 Å². The molecule has 0 saturated carbocycles. The average Bonchev–Trinajstić information content (AvgIpc) is 2.92. The molecule has 5 aromatic rings. The van der Waals surface area contributed by atoms with Gasteiger partial charge in [-0.2, -0.15) is 0 Å². The number of nitrogens with zero attached hydrogens (tertiary/aromatic N) is 3. The molecule has 3 aromatic carbocycles. The van der Waals surface area contributed by atoms with E-state index in [9.17, 15) is 22.8 Å². The van der Waals surface area contributed by atoms with Crippen LogP contribution in [0, 0.1) is 12.7 Å². The van der Waals surface area contributed by atoms with Gasteiger partial charge < -0.3 is 15.2 Å². The highest BCUT2D eigenvalue weighted by Crippen LogP contribution is 2.30. The number of alkyl halides is 2. The summed E-state index contributed by atoms with van der Waals surface area (Å²) >= 11 is 0. The van der Waals surface area contributed by atoms with Gasteiger partial charge in [-0.15, -0.1) is 0 Å². The van der Waals surface area contributed by atoms with E-state index < -0.39 is 35.3 Å². The minimum atomic E-state index is -2.96. The Bertz CT molecular complexity index is 1800. The Morgan fingerprint density at radius 2 is 1.70 bits per heavy atom. The fourth-order valence-corrected chi connectivity index (χ4v) is 4.78. The highest BCUT2D eigenvalue weighted by atomic mass is 19.3. The van der Waals surface area contributed by atoms with Gasteiger partial charge in [0.05, 0.1) is 17.0 Å². The molecule has 5 rings (SSSR count). The number of hydrogen-bond acceptors (Lipinski definition) is 5. The number of hydrogen-bond donors (Lipinski definition) is 2. The van der Waals surface area contributed by atoms with Gasteiger partial charge in [0.25, 0.3) is 17.9 Å². The Morgan fingerprint density at radius 1 is 1.00 bits per heavy atom. The molecule has 7 nitrogen and oxygen atoms in total. The number of carbonyl (C=O) groups excluding carboxylic acids is 1. The Kier molecular flexibility index (Phi) is 7.25. The fourth-order valence-electron chi connectivity index (χ4n) is 4.78. The number of rotatable bonds is 7. The molecule has 0 saturated heterocycles. The van der Waals surface area contributed by atoms with Crippen LogP contribution in [0.1, 0.15) is 52.3 Å². The highest BCUT2D eigenvalue weighted by Gasteiger charge is 2.22. The number of anilines is 1. The van der Waals surface area contributed by atoms with Crippen LogP contribution in [0.2, 0.25) is 0 Å². The van der Waals surface area contributed by atoms with Crippen LogP contribution in [0.3, 0.4) is 0 Å². The second-order valence-electron chi connectivity index (χ2n) is 9.61. The molecular formula is C30H26F3N5O2. The molecular weight excluding hydrogens is 519 g/mol. The second-order valence-corrected chi connectivity index (χ2v) is 9.61. The molecule has 0 bridgehead atoms. The molecule has 2 aromatic heterocycles. The third-order valence-electron chi connectivity index (χ3n) is 6.80. The molecule has 2 heterocycles. The molecule has 1 amide bonds. The van der Waals surface area contributed by atoms with Crippen molar-refractivity contribution in [2.75, 3.05) is 12.4 Å². The van der Waals surface area contributed by atoms with Crippen molar-refractivity contribution in [1.82, 2.24) is 19.9 Å². The number of amides is 1. The van der Waals surface area contributed by atoms with E-state index >= 15 is 0 Å². The van der Waals surface area contributed by atoms with E-state index in [2.05, 4.69) is 20.3 Å². The van der Waals surface area contributed by atoms with Crippen LogP contribution in [0.4, 0.5) is 19.0 Å². The average molecular weight is 546 g/mol. The van der Waals surface area contributed by atoms with Crippen LogP contribution in [-0.4, -0.2) is 32.8 Å². The highest BCUT2D eigenvalue weighted by molar-refractivity contribution is 5.99. The van der Waals surface area contributed by atoms with E-state index in [0.717, 1.165) is 22.4 Å². The molecule has 0 aliphatic carbocycles. The lowest BCUT2D eigenvalue weighted by Crippen LogP contribution is -2.31. The third-order valence-corrected chi connectivity index (χ3v) is 6.80. The number of carbonyl (C=O) groups is 1. The first-order valence-corrected chi connectivity index (χ1v) is 12.6. The van der Waals surface area contributed by atoms with Crippen LogP contribution < -0.4 is 10.9 Å². The zero-order chi connectivity index (χ0) is 28.6. The van der Waals surface area contributed by atoms with Gasteiger partial charge in [0.15, 0.2) is 0 Å². The van der Waals surface area contributed by atoms with Crippen LogP contribution in [0.25, 0.3) is 21.8 Å². The predicted molar refractivity (Wildman–Crippen MR) is 148 cm³/mol. The number of nitrogens with one attached hydrogen (secondary N) is 2. The van der Waals surface area contributed by atoms with Gasteiger partial charge in [-0.25, -0.2) is 23.1 Å². The maximum Gasteiger partial charge on any atom is 0.266 e. The number of aromatic nitrogens is 3. The van der Waals surface area contributed by atoms with Gasteiger partial charge in [0.2, 0.25) is 0 Å². The Balaban J connectivity index is 1.49. The van der Waals surface area contributed by atoms with Crippen molar-refractivity contribution in [3.8, 4) is 0 Å². The zero-order valence-corrected chi connectivity index (χ0v) is 22.0. The zero-order valence-electron chi connectivity index (χ0n) is 22.0. The third kappa shape index (κ3) is 5.12. The van der Waals surface area contributed by atoms with Crippen LogP contribution in [0.5, 0.6) is 0 Å².